The zero-order valence-corrected chi connectivity index (χ0v) is 16.0. The summed E-state index contributed by atoms with van der Waals surface area (Å²) in [5.74, 6) is -0.846. The lowest BCUT2D eigenvalue weighted by molar-refractivity contribution is 0.102. The van der Waals surface area contributed by atoms with E-state index >= 15 is 0 Å². The molecule has 0 bridgehead atoms. The minimum atomic E-state index is -3.78. The Morgan fingerprint density at radius 3 is 2.43 bits per heavy atom. The molecule has 144 valence electrons. The molecule has 2 N–H and O–H groups in total. The zero-order valence-electron chi connectivity index (χ0n) is 15.1. The van der Waals surface area contributed by atoms with Crippen molar-refractivity contribution >= 4 is 21.6 Å². The van der Waals surface area contributed by atoms with Crippen molar-refractivity contribution < 1.29 is 17.6 Å². The summed E-state index contributed by atoms with van der Waals surface area (Å²) in [6, 6.07) is 19.1. The van der Waals surface area contributed by atoms with E-state index in [9.17, 15) is 17.6 Å². The van der Waals surface area contributed by atoms with Crippen LogP contribution in [0.4, 0.5) is 10.1 Å². The number of carbonyl (C=O) groups is 1. The van der Waals surface area contributed by atoms with Crippen LogP contribution in [-0.2, 0) is 16.6 Å². The Balaban J connectivity index is 1.75. The molecule has 5 nitrogen and oxygen atoms in total. The second-order valence-corrected chi connectivity index (χ2v) is 8.02. The molecule has 0 saturated heterocycles. The van der Waals surface area contributed by atoms with E-state index in [4.69, 9.17) is 0 Å². The molecule has 3 aromatic rings. The summed E-state index contributed by atoms with van der Waals surface area (Å²) in [5, 5.41) is 2.64. The van der Waals surface area contributed by atoms with Crippen molar-refractivity contribution in [1.82, 2.24) is 4.72 Å². The normalized spacial score (nSPS) is 11.2. The quantitative estimate of drug-likeness (QED) is 0.662. The van der Waals surface area contributed by atoms with Gasteiger partial charge in [-0.1, -0.05) is 36.4 Å². The summed E-state index contributed by atoms with van der Waals surface area (Å²) in [4.78, 5) is 12.4. The molecule has 0 radical (unpaired) electrons. The molecule has 1 amide bonds. The van der Waals surface area contributed by atoms with Gasteiger partial charge in [0.05, 0.1) is 4.90 Å². The van der Waals surface area contributed by atoms with Crippen LogP contribution in [0.2, 0.25) is 0 Å². The molecule has 0 aliphatic carbocycles. The number of rotatable bonds is 6. The minimum absolute atomic E-state index is 0.00799. The van der Waals surface area contributed by atoms with Crippen molar-refractivity contribution in [2.24, 2.45) is 0 Å². The number of halogens is 1. The maximum Gasteiger partial charge on any atom is 0.255 e. The van der Waals surface area contributed by atoms with Crippen LogP contribution in [0.15, 0.2) is 77.7 Å². The van der Waals surface area contributed by atoms with Crippen molar-refractivity contribution in [3.63, 3.8) is 0 Å². The largest absolute Gasteiger partial charge is 0.322 e. The second kappa shape index (κ2) is 8.33. The third kappa shape index (κ3) is 4.82. The van der Waals surface area contributed by atoms with E-state index in [1.54, 1.807) is 6.92 Å². The second-order valence-electron chi connectivity index (χ2n) is 6.26. The number of hydrogen-bond acceptors (Lipinski definition) is 3. The standard InChI is InChI=1S/C21H19FN2O3S/c1-15-12-18(10-11-20(15)22)24-21(25)17-8-5-9-19(13-17)28(26,27)23-14-16-6-3-2-4-7-16/h2-13,23H,14H2,1H3,(H,24,25). The number of nitrogens with one attached hydrogen (secondary N) is 2. The van der Waals surface area contributed by atoms with Crippen LogP contribution >= 0.6 is 0 Å². The molecule has 7 heteroatoms. The minimum Gasteiger partial charge on any atom is -0.322 e. The van der Waals surface area contributed by atoms with Gasteiger partial charge in [-0.3, -0.25) is 4.79 Å². The first-order valence-electron chi connectivity index (χ1n) is 8.56. The molecule has 0 aliphatic heterocycles. The SMILES string of the molecule is Cc1cc(NC(=O)c2cccc(S(=O)(=O)NCc3ccccc3)c2)ccc1F. The number of amides is 1. The Hall–Kier alpha value is -3.03. The van der Waals surface area contributed by atoms with Gasteiger partial charge in [-0.2, -0.15) is 0 Å². The van der Waals surface area contributed by atoms with Gasteiger partial charge in [-0.05, 0) is 54.4 Å². The Bertz CT molecular complexity index is 1100. The van der Waals surface area contributed by atoms with Gasteiger partial charge >= 0.3 is 0 Å². The number of sulfonamides is 1. The number of carbonyl (C=O) groups excluding carboxylic acids is 1. The van der Waals surface area contributed by atoms with Crippen molar-refractivity contribution in [3.8, 4) is 0 Å². The first-order valence-corrected chi connectivity index (χ1v) is 10.0. The molecule has 0 aromatic heterocycles. The molecular weight excluding hydrogens is 379 g/mol. The molecule has 0 aliphatic rings. The summed E-state index contributed by atoms with van der Waals surface area (Å²) in [7, 11) is -3.78. The molecule has 0 atom stereocenters. The third-order valence-corrected chi connectivity index (χ3v) is 5.53. The fraction of sp³-hybridized carbons (Fsp3) is 0.0952. The fourth-order valence-electron chi connectivity index (χ4n) is 2.59. The van der Waals surface area contributed by atoms with Crippen LogP contribution in [-0.4, -0.2) is 14.3 Å². The van der Waals surface area contributed by atoms with E-state index in [1.165, 1.54) is 42.5 Å². The number of aryl methyl sites for hydroxylation is 1. The van der Waals surface area contributed by atoms with Gasteiger partial charge in [0, 0.05) is 17.8 Å². The van der Waals surface area contributed by atoms with E-state index in [-0.39, 0.29) is 22.8 Å². The predicted octanol–water partition coefficient (Wildman–Crippen LogP) is 3.86. The number of hydrogen-bond donors (Lipinski definition) is 2. The van der Waals surface area contributed by atoms with E-state index in [1.807, 2.05) is 30.3 Å². The average molecular weight is 398 g/mol. The van der Waals surface area contributed by atoms with E-state index in [0.717, 1.165) is 5.56 Å². The van der Waals surface area contributed by atoms with Crippen LogP contribution < -0.4 is 10.0 Å². The lowest BCUT2D eigenvalue weighted by atomic mass is 10.2. The van der Waals surface area contributed by atoms with Gasteiger partial charge in [0.15, 0.2) is 0 Å². The summed E-state index contributed by atoms with van der Waals surface area (Å²) in [5.41, 5.74) is 1.84. The van der Waals surface area contributed by atoms with Crippen molar-refractivity contribution in [3.05, 3.63) is 95.3 Å². The number of benzene rings is 3. The Morgan fingerprint density at radius 2 is 1.71 bits per heavy atom. The monoisotopic (exact) mass is 398 g/mol. The maximum absolute atomic E-state index is 13.4. The summed E-state index contributed by atoms with van der Waals surface area (Å²) >= 11 is 0. The van der Waals surface area contributed by atoms with Gasteiger partial charge in [0.1, 0.15) is 5.82 Å². The summed E-state index contributed by atoms with van der Waals surface area (Å²) in [6.07, 6.45) is 0. The van der Waals surface area contributed by atoms with Gasteiger partial charge < -0.3 is 5.32 Å². The Kier molecular flexibility index (Phi) is 5.87. The molecule has 0 fully saturated rings. The molecule has 0 heterocycles. The molecule has 3 aromatic carbocycles. The summed E-state index contributed by atoms with van der Waals surface area (Å²) in [6.45, 7) is 1.74. The first-order chi connectivity index (χ1) is 13.3. The highest BCUT2D eigenvalue weighted by molar-refractivity contribution is 7.89. The lowest BCUT2D eigenvalue weighted by Crippen LogP contribution is -2.23. The van der Waals surface area contributed by atoms with Crippen LogP contribution in [0.3, 0.4) is 0 Å². The third-order valence-electron chi connectivity index (χ3n) is 4.13. The highest BCUT2D eigenvalue weighted by Crippen LogP contribution is 2.17. The van der Waals surface area contributed by atoms with Crippen LogP contribution in [0.25, 0.3) is 0 Å². The first kappa shape index (κ1) is 19.7. The molecular formula is C21H19FN2O3S. The maximum atomic E-state index is 13.4. The van der Waals surface area contributed by atoms with Gasteiger partial charge in [0.2, 0.25) is 10.0 Å². The lowest BCUT2D eigenvalue weighted by Gasteiger charge is -2.10. The zero-order chi connectivity index (χ0) is 20.1. The Morgan fingerprint density at radius 1 is 0.964 bits per heavy atom. The topological polar surface area (TPSA) is 75.3 Å². The van der Waals surface area contributed by atoms with Crippen molar-refractivity contribution in [2.75, 3.05) is 5.32 Å². The molecule has 0 unspecified atom stereocenters. The molecule has 28 heavy (non-hydrogen) atoms. The average Bonchev–Trinajstić information content (AvgIpc) is 2.70. The van der Waals surface area contributed by atoms with Gasteiger partial charge in [0.25, 0.3) is 5.91 Å². The van der Waals surface area contributed by atoms with Crippen LogP contribution in [0, 0.1) is 12.7 Å². The number of anilines is 1. The summed E-state index contributed by atoms with van der Waals surface area (Å²) < 4.78 is 40.9. The fourth-order valence-corrected chi connectivity index (χ4v) is 3.65. The Labute approximate surface area is 163 Å². The van der Waals surface area contributed by atoms with Crippen LogP contribution in [0.1, 0.15) is 21.5 Å². The van der Waals surface area contributed by atoms with E-state index in [0.29, 0.717) is 11.3 Å². The highest BCUT2D eigenvalue weighted by atomic mass is 32.2. The van der Waals surface area contributed by atoms with E-state index < -0.39 is 15.9 Å². The molecule has 0 saturated carbocycles. The van der Waals surface area contributed by atoms with Gasteiger partial charge in [-0.15, -0.1) is 0 Å². The van der Waals surface area contributed by atoms with Gasteiger partial charge in [-0.25, -0.2) is 17.5 Å². The van der Waals surface area contributed by atoms with Crippen molar-refractivity contribution in [1.29, 1.82) is 0 Å². The molecule has 3 rings (SSSR count). The van der Waals surface area contributed by atoms with E-state index in [2.05, 4.69) is 10.0 Å². The van der Waals surface area contributed by atoms with Crippen LogP contribution in [0.5, 0.6) is 0 Å². The van der Waals surface area contributed by atoms with Crippen molar-refractivity contribution in [2.45, 2.75) is 18.4 Å². The molecule has 0 spiro atoms. The highest BCUT2D eigenvalue weighted by Gasteiger charge is 2.16. The predicted molar refractivity (Wildman–Crippen MR) is 106 cm³/mol. The smallest absolute Gasteiger partial charge is 0.255 e.